The molecule has 3 heterocycles. The van der Waals surface area contributed by atoms with Crippen molar-refractivity contribution in [3.05, 3.63) is 218 Å². The predicted molar refractivity (Wildman–Crippen MR) is 246 cm³/mol. The lowest BCUT2D eigenvalue weighted by atomic mass is 10.1. The number of benzene rings is 9. The van der Waals surface area contributed by atoms with Gasteiger partial charge in [0.05, 0.1) is 22.1 Å². The first-order chi connectivity index (χ1) is 28.8. The van der Waals surface area contributed by atoms with Crippen LogP contribution < -0.4 is 20.7 Å². The maximum Gasteiger partial charge on any atom is 0.179 e. The van der Waals surface area contributed by atoms with E-state index >= 15 is 0 Å². The van der Waals surface area contributed by atoms with Gasteiger partial charge in [0.25, 0.3) is 0 Å². The summed E-state index contributed by atoms with van der Waals surface area (Å²) in [6.45, 7) is 0. The van der Waals surface area contributed by atoms with Crippen molar-refractivity contribution in [3.63, 3.8) is 0 Å². The molecule has 0 aliphatic rings. The van der Waals surface area contributed by atoms with E-state index in [-0.39, 0.29) is 0 Å². The van der Waals surface area contributed by atoms with Crippen LogP contribution in [0.15, 0.2) is 223 Å². The topological polar surface area (TPSA) is 23.0 Å². The maximum atomic E-state index is 6.49. The second-order valence-corrected chi connectivity index (χ2v) is 19.1. The summed E-state index contributed by atoms with van der Waals surface area (Å²) in [6.07, 6.45) is 0. The van der Waals surface area contributed by atoms with Gasteiger partial charge >= 0.3 is 0 Å². The van der Waals surface area contributed by atoms with E-state index in [0.29, 0.717) is 0 Å². The predicted octanol–water partition coefficient (Wildman–Crippen LogP) is 11.2. The largest absolute Gasteiger partial charge is 0.456 e. The van der Waals surface area contributed by atoms with Crippen LogP contribution in [-0.4, -0.2) is 17.2 Å². The van der Waals surface area contributed by atoms with Crippen LogP contribution in [-0.2, 0) is 0 Å². The molecule has 0 amide bonds. The van der Waals surface area contributed by atoms with Crippen LogP contribution >= 0.6 is 0 Å². The molecule has 9 aromatic carbocycles. The Kier molecular flexibility index (Phi) is 7.25. The smallest absolute Gasteiger partial charge is 0.179 e. The van der Waals surface area contributed by atoms with E-state index < -0.39 is 8.07 Å². The van der Waals surface area contributed by atoms with Crippen LogP contribution in [0.3, 0.4) is 0 Å². The highest BCUT2D eigenvalue weighted by molar-refractivity contribution is 7.20. The van der Waals surface area contributed by atoms with Crippen LogP contribution in [0.1, 0.15) is 0 Å². The number of furan rings is 1. The van der Waals surface area contributed by atoms with E-state index in [9.17, 15) is 0 Å². The minimum absolute atomic E-state index is 0.897. The zero-order valence-corrected chi connectivity index (χ0v) is 32.6. The second-order valence-electron chi connectivity index (χ2n) is 15.3. The fourth-order valence-corrected chi connectivity index (χ4v) is 14.6. The molecule has 58 heavy (non-hydrogen) atoms. The third-order valence-electron chi connectivity index (χ3n) is 12.2. The van der Waals surface area contributed by atoms with Crippen molar-refractivity contribution in [1.29, 1.82) is 0 Å². The summed E-state index contributed by atoms with van der Waals surface area (Å²) < 4.78 is 11.3. The highest BCUT2D eigenvalue weighted by Gasteiger charge is 2.42. The van der Waals surface area contributed by atoms with Gasteiger partial charge in [-0.1, -0.05) is 158 Å². The highest BCUT2D eigenvalue weighted by Crippen LogP contribution is 2.38. The molecule has 0 unspecified atom stereocenters. The first kappa shape index (κ1) is 32.8. The summed E-state index contributed by atoms with van der Waals surface area (Å²) in [5.41, 5.74) is 8.82. The van der Waals surface area contributed by atoms with Crippen LogP contribution in [0.2, 0.25) is 0 Å². The average Bonchev–Trinajstić information content (AvgIpc) is 3.94. The van der Waals surface area contributed by atoms with E-state index in [1.807, 2.05) is 6.07 Å². The fourth-order valence-electron chi connectivity index (χ4n) is 9.78. The molecule has 3 aromatic heterocycles. The SMILES string of the molecule is c1ccc(-n2c3ccccc3c3cc([Si](c4ccccc4)(c4ccccc4)c4cccc(-n5c6ccccc6c6cc7c(cc65)oc5ccccc57)c4)ccc32)cc1. The van der Waals surface area contributed by atoms with Crippen molar-refractivity contribution in [2.45, 2.75) is 0 Å². The van der Waals surface area contributed by atoms with Gasteiger partial charge in [-0.05, 0) is 75.3 Å². The molecule has 0 atom stereocenters. The van der Waals surface area contributed by atoms with Gasteiger partial charge < -0.3 is 13.6 Å². The first-order valence-corrected chi connectivity index (χ1v) is 21.9. The summed E-state index contributed by atoms with van der Waals surface area (Å²) in [6, 6.07) is 80.4. The molecule has 0 fully saturated rings. The van der Waals surface area contributed by atoms with Gasteiger partial charge in [-0.2, -0.15) is 0 Å². The molecular formula is C54H36N2OSi. The molecule has 3 nitrogen and oxygen atoms in total. The molecule has 272 valence electrons. The number of hydrogen-bond acceptors (Lipinski definition) is 1. The van der Waals surface area contributed by atoms with E-state index in [0.717, 1.165) is 38.8 Å². The molecule has 0 radical (unpaired) electrons. The van der Waals surface area contributed by atoms with Crippen molar-refractivity contribution >= 4 is 94.4 Å². The number of para-hydroxylation sites is 4. The zero-order valence-electron chi connectivity index (χ0n) is 31.6. The van der Waals surface area contributed by atoms with Crippen molar-refractivity contribution in [2.75, 3.05) is 0 Å². The fraction of sp³-hybridized carbons (Fsp3) is 0. The number of fused-ring (bicyclic) bond motifs is 9. The Hall–Kier alpha value is -7.40. The molecule has 0 spiro atoms. The summed E-state index contributed by atoms with van der Waals surface area (Å²) in [7, 11) is -2.96. The quantitative estimate of drug-likeness (QED) is 0.122. The van der Waals surface area contributed by atoms with E-state index in [1.165, 1.54) is 58.8 Å². The number of nitrogens with zero attached hydrogens (tertiary/aromatic N) is 2. The van der Waals surface area contributed by atoms with E-state index in [1.54, 1.807) is 0 Å². The Labute approximate surface area is 336 Å². The summed E-state index contributed by atoms with van der Waals surface area (Å²) >= 11 is 0. The summed E-state index contributed by atoms with van der Waals surface area (Å²) in [4.78, 5) is 0. The lowest BCUT2D eigenvalue weighted by Crippen LogP contribution is -2.74. The molecule has 0 saturated heterocycles. The molecular weight excluding hydrogens is 721 g/mol. The zero-order chi connectivity index (χ0) is 38.2. The van der Waals surface area contributed by atoms with Gasteiger partial charge in [0.15, 0.2) is 8.07 Å². The van der Waals surface area contributed by atoms with E-state index in [2.05, 4.69) is 221 Å². The molecule has 12 rings (SSSR count). The summed E-state index contributed by atoms with van der Waals surface area (Å²) in [5.74, 6) is 0. The number of aromatic nitrogens is 2. The highest BCUT2D eigenvalue weighted by atomic mass is 28.3. The number of rotatable bonds is 6. The third-order valence-corrected chi connectivity index (χ3v) is 17.0. The Morgan fingerprint density at radius 2 is 0.776 bits per heavy atom. The standard InChI is InChI=1S/C54H36N2OSi/c1-4-17-37(18-5-1)55-49-28-13-10-25-43(49)46-34-42(31-32-51(46)55)58(39-20-6-2-7-21-39,40-22-8-3-9-23-40)41-24-16-19-38(33-41)56-50-29-14-11-26-44(50)47-35-48-45-27-12-15-30-53(45)57-54(48)36-52(47)56/h1-36H. The van der Waals surface area contributed by atoms with Crippen LogP contribution in [0.25, 0.3) is 76.9 Å². The van der Waals surface area contributed by atoms with Crippen molar-refractivity contribution in [2.24, 2.45) is 0 Å². The Balaban J connectivity index is 1.16. The van der Waals surface area contributed by atoms with Gasteiger partial charge in [-0.25, -0.2) is 0 Å². The maximum absolute atomic E-state index is 6.49. The molecule has 0 bridgehead atoms. The normalized spacial score (nSPS) is 12.1. The minimum Gasteiger partial charge on any atom is -0.456 e. The van der Waals surface area contributed by atoms with Gasteiger partial charge in [-0.3, -0.25) is 0 Å². The molecule has 0 N–H and O–H groups in total. The molecule has 0 aliphatic heterocycles. The van der Waals surface area contributed by atoms with Crippen molar-refractivity contribution < 1.29 is 4.42 Å². The molecule has 12 aromatic rings. The Morgan fingerprint density at radius 1 is 0.276 bits per heavy atom. The Morgan fingerprint density at radius 3 is 1.47 bits per heavy atom. The summed E-state index contributed by atoms with van der Waals surface area (Å²) in [5, 5.41) is 12.6. The lowest BCUT2D eigenvalue weighted by Gasteiger charge is -2.35. The molecule has 0 saturated carbocycles. The van der Waals surface area contributed by atoms with Gasteiger partial charge in [0, 0.05) is 49.8 Å². The van der Waals surface area contributed by atoms with Crippen molar-refractivity contribution in [1.82, 2.24) is 9.13 Å². The monoisotopic (exact) mass is 756 g/mol. The van der Waals surface area contributed by atoms with E-state index in [4.69, 9.17) is 4.42 Å². The van der Waals surface area contributed by atoms with Crippen LogP contribution in [0, 0.1) is 0 Å². The molecule has 4 heteroatoms. The molecule has 0 aliphatic carbocycles. The van der Waals surface area contributed by atoms with Crippen molar-refractivity contribution in [3.8, 4) is 11.4 Å². The van der Waals surface area contributed by atoms with Gasteiger partial charge in [0.2, 0.25) is 0 Å². The third kappa shape index (κ3) is 4.73. The minimum atomic E-state index is -2.96. The van der Waals surface area contributed by atoms with Gasteiger partial charge in [0.1, 0.15) is 11.2 Å². The number of hydrogen-bond donors (Lipinski definition) is 0. The van der Waals surface area contributed by atoms with Crippen LogP contribution in [0.4, 0.5) is 0 Å². The van der Waals surface area contributed by atoms with Crippen LogP contribution in [0.5, 0.6) is 0 Å². The second kappa shape index (κ2) is 12.8. The Bertz CT molecular complexity index is 3470. The first-order valence-electron chi connectivity index (χ1n) is 19.9. The lowest BCUT2D eigenvalue weighted by molar-refractivity contribution is 0.669. The van der Waals surface area contributed by atoms with Gasteiger partial charge in [-0.15, -0.1) is 0 Å². The average molecular weight is 757 g/mol.